The van der Waals surface area contributed by atoms with E-state index in [2.05, 4.69) is 27.6 Å². The van der Waals surface area contributed by atoms with Gasteiger partial charge in [0.25, 0.3) is 0 Å². The van der Waals surface area contributed by atoms with Crippen LogP contribution in [0.3, 0.4) is 0 Å². The predicted molar refractivity (Wildman–Crippen MR) is 67.2 cm³/mol. The van der Waals surface area contributed by atoms with E-state index in [9.17, 15) is 0 Å². The van der Waals surface area contributed by atoms with Crippen molar-refractivity contribution in [3.05, 3.63) is 36.7 Å². The number of rotatable bonds is 3. The van der Waals surface area contributed by atoms with Crippen LogP contribution >= 0.6 is 0 Å². The van der Waals surface area contributed by atoms with Gasteiger partial charge in [0.2, 0.25) is 0 Å². The number of nitrogens with one attached hydrogen (secondary N) is 1. The Morgan fingerprint density at radius 1 is 1.00 bits per heavy atom. The van der Waals surface area contributed by atoms with Crippen LogP contribution in [0, 0.1) is 0 Å². The lowest BCUT2D eigenvalue weighted by atomic mass is 10.2. The Morgan fingerprint density at radius 2 is 1.65 bits per heavy atom. The SMILES string of the molecule is c1cnn(-c2ccc(NC3CCCC3)cc2)n1. The molecule has 0 atom stereocenters. The summed E-state index contributed by atoms with van der Waals surface area (Å²) in [5, 5.41) is 11.8. The summed E-state index contributed by atoms with van der Waals surface area (Å²) in [6, 6.07) is 8.92. The van der Waals surface area contributed by atoms with E-state index >= 15 is 0 Å². The van der Waals surface area contributed by atoms with Crippen molar-refractivity contribution in [3.63, 3.8) is 0 Å². The van der Waals surface area contributed by atoms with Crippen molar-refractivity contribution in [3.8, 4) is 5.69 Å². The van der Waals surface area contributed by atoms with Crippen LogP contribution < -0.4 is 5.32 Å². The van der Waals surface area contributed by atoms with Gasteiger partial charge in [-0.05, 0) is 37.1 Å². The van der Waals surface area contributed by atoms with Crippen molar-refractivity contribution in [2.24, 2.45) is 0 Å². The summed E-state index contributed by atoms with van der Waals surface area (Å²) in [6.45, 7) is 0. The number of nitrogens with zero attached hydrogens (tertiary/aromatic N) is 3. The minimum absolute atomic E-state index is 0.656. The van der Waals surface area contributed by atoms with Gasteiger partial charge in [-0.25, -0.2) is 0 Å². The molecule has 3 rings (SSSR count). The van der Waals surface area contributed by atoms with E-state index in [1.165, 1.54) is 31.4 Å². The van der Waals surface area contributed by atoms with Gasteiger partial charge in [0.15, 0.2) is 0 Å². The lowest BCUT2D eigenvalue weighted by Crippen LogP contribution is -2.14. The van der Waals surface area contributed by atoms with Gasteiger partial charge in [0.05, 0.1) is 18.1 Å². The Hall–Kier alpha value is -1.84. The highest BCUT2D eigenvalue weighted by Crippen LogP contribution is 2.22. The lowest BCUT2D eigenvalue weighted by molar-refractivity contribution is 0.748. The van der Waals surface area contributed by atoms with Gasteiger partial charge in [0.1, 0.15) is 0 Å². The Balaban J connectivity index is 1.71. The maximum atomic E-state index is 4.10. The molecule has 1 aromatic carbocycles. The molecule has 1 saturated carbocycles. The molecular formula is C13H16N4. The van der Waals surface area contributed by atoms with Crippen LogP contribution in [-0.2, 0) is 0 Å². The van der Waals surface area contributed by atoms with Crippen molar-refractivity contribution >= 4 is 5.69 Å². The summed E-state index contributed by atoms with van der Waals surface area (Å²) in [6.07, 6.45) is 8.67. The summed E-state index contributed by atoms with van der Waals surface area (Å²) >= 11 is 0. The first-order chi connectivity index (χ1) is 8.42. The molecule has 1 heterocycles. The Kier molecular flexibility index (Phi) is 2.78. The number of hydrogen-bond acceptors (Lipinski definition) is 3. The van der Waals surface area contributed by atoms with Gasteiger partial charge in [-0.1, -0.05) is 12.8 Å². The van der Waals surface area contributed by atoms with Crippen molar-refractivity contribution in [1.29, 1.82) is 0 Å². The van der Waals surface area contributed by atoms with Crippen molar-refractivity contribution < 1.29 is 0 Å². The summed E-state index contributed by atoms with van der Waals surface area (Å²) in [7, 11) is 0. The monoisotopic (exact) mass is 228 g/mol. The molecule has 0 spiro atoms. The second-order valence-corrected chi connectivity index (χ2v) is 4.49. The number of aromatic nitrogens is 3. The standard InChI is InChI=1S/C13H16N4/c1-2-4-11(3-1)16-12-5-7-13(8-6-12)17-14-9-10-15-17/h5-11,16H,1-4H2. The average Bonchev–Trinajstić information content (AvgIpc) is 3.01. The quantitative estimate of drug-likeness (QED) is 0.878. The van der Waals surface area contributed by atoms with E-state index in [1.54, 1.807) is 17.2 Å². The third kappa shape index (κ3) is 2.30. The highest BCUT2D eigenvalue weighted by atomic mass is 15.5. The van der Waals surface area contributed by atoms with Crippen molar-refractivity contribution in [2.75, 3.05) is 5.32 Å². The van der Waals surface area contributed by atoms with Crippen LogP contribution in [0.15, 0.2) is 36.7 Å². The zero-order valence-corrected chi connectivity index (χ0v) is 9.71. The van der Waals surface area contributed by atoms with Gasteiger partial charge >= 0.3 is 0 Å². The zero-order valence-electron chi connectivity index (χ0n) is 9.71. The molecule has 0 aliphatic heterocycles. The Bertz CT molecular complexity index is 455. The van der Waals surface area contributed by atoms with Crippen LogP contribution in [0.2, 0.25) is 0 Å². The molecule has 1 aromatic heterocycles. The molecular weight excluding hydrogens is 212 g/mol. The first-order valence-electron chi connectivity index (χ1n) is 6.15. The van der Waals surface area contributed by atoms with E-state index in [1.807, 2.05) is 12.1 Å². The van der Waals surface area contributed by atoms with Crippen LogP contribution in [-0.4, -0.2) is 21.0 Å². The summed E-state index contributed by atoms with van der Waals surface area (Å²) in [5.74, 6) is 0. The van der Waals surface area contributed by atoms with E-state index < -0.39 is 0 Å². The molecule has 0 unspecified atom stereocenters. The van der Waals surface area contributed by atoms with E-state index in [0.29, 0.717) is 6.04 Å². The maximum Gasteiger partial charge on any atom is 0.0858 e. The van der Waals surface area contributed by atoms with Gasteiger partial charge in [-0.2, -0.15) is 15.0 Å². The zero-order chi connectivity index (χ0) is 11.5. The lowest BCUT2D eigenvalue weighted by Gasteiger charge is -2.13. The fourth-order valence-electron chi connectivity index (χ4n) is 2.35. The highest BCUT2D eigenvalue weighted by Gasteiger charge is 2.14. The van der Waals surface area contributed by atoms with E-state index in [0.717, 1.165) is 5.69 Å². The van der Waals surface area contributed by atoms with Crippen LogP contribution in [0.25, 0.3) is 5.69 Å². The van der Waals surface area contributed by atoms with Crippen molar-refractivity contribution in [2.45, 2.75) is 31.7 Å². The van der Waals surface area contributed by atoms with E-state index in [-0.39, 0.29) is 0 Å². The summed E-state index contributed by atoms with van der Waals surface area (Å²) in [5.41, 5.74) is 2.18. The molecule has 4 heteroatoms. The average molecular weight is 228 g/mol. The largest absolute Gasteiger partial charge is 0.382 e. The first-order valence-corrected chi connectivity index (χ1v) is 6.15. The molecule has 1 fully saturated rings. The van der Waals surface area contributed by atoms with Gasteiger partial charge in [0, 0.05) is 11.7 Å². The highest BCUT2D eigenvalue weighted by molar-refractivity contribution is 5.48. The molecule has 1 aliphatic carbocycles. The second kappa shape index (κ2) is 4.57. The Labute approximate surface area is 101 Å². The third-order valence-electron chi connectivity index (χ3n) is 3.24. The molecule has 88 valence electrons. The maximum absolute atomic E-state index is 4.10. The number of anilines is 1. The molecule has 2 aromatic rings. The molecule has 0 bridgehead atoms. The van der Waals surface area contributed by atoms with Crippen molar-refractivity contribution in [1.82, 2.24) is 15.0 Å². The van der Waals surface area contributed by atoms with Crippen LogP contribution in [0.4, 0.5) is 5.69 Å². The molecule has 0 amide bonds. The molecule has 0 radical (unpaired) electrons. The fraction of sp³-hybridized carbons (Fsp3) is 0.385. The minimum atomic E-state index is 0.656. The summed E-state index contributed by atoms with van der Waals surface area (Å²) in [4.78, 5) is 1.62. The van der Waals surface area contributed by atoms with Gasteiger partial charge in [-0.3, -0.25) is 0 Å². The molecule has 1 N–H and O–H groups in total. The number of hydrogen-bond donors (Lipinski definition) is 1. The smallest absolute Gasteiger partial charge is 0.0858 e. The molecule has 0 saturated heterocycles. The molecule has 1 aliphatic rings. The normalized spacial score (nSPS) is 16.2. The summed E-state index contributed by atoms with van der Waals surface area (Å²) < 4.78 is 0. The fourth-order valence-corrected chi connectivity index (χ4v) is 2.35. The van der Waals surface area contributed by atoms with E-state index in [4.69, 9.17) is 0 Å². The van der Waals surface area contributed by atoms with Gasteiger partial charge < -0.3 is 5.32 Å². The minimum Gasteiger partial charge on any atom is -0.382 e. The molecule has 17 heavy (non-hydrogen) atoms. The first kappa shape index (κ1) is 10.3. The number of benzene rings is 1. The second-order valence-electron chi connectivity index (χ2n) is 4.49. The van der Waals surface area contributed by atoms with Crippen LogP contribution in [0.5, 0.6) is 0 Å². The topological polar surface area (TPSA) is 42.7 Å². The predicted octanol–water partition coefficient (Wildman–Crippen LogP) is 2.62. The third-order valence-corrected chi connectivity index (χ3v) is 3.24. The van der Waals surface area contributed by atoms with Gasteiger partial charge in [-0.15, -0.1) is 0 Å². The Morgan fingerprint density at radius 3 is 2.29 bits per heavy atom. The molecule has 4 nitrogen and oxygen atoms in total. The van der Waals surface area contributed by atoms with Crippen LogP contribution in [0.1, 0.15) is 25.7 Å².